The van der Waals surface area contributed by atoms with Crippen LogP contribution >= 0.6 is 0 Å². The van der Waals surface area contributed by atoms with E-state index in [9.17, 15) is 0 Å². The Labute approximate surface area is 107 Å². The zero-order valence-electron chi connectivity index (χ0n) is 10.5. The van der Waals surface area contributed by atoms with Gasteiger partial charge < -0.3 is 5.73 Å². The molecule has 1 fully saturated rings. The van der Waals surface area contributed by atoms with Crippen LogP contribution in [0.4, 0.5) is 0 Å². The molecular formula is C13H19N5. The number of hydrogen-bond acceptors (Lipinski definition) is 4. The lowest BCUT2D eigenvalue weighted by molar-refractivity contribution is 0.169. The molecule has 0 amide bonds. The Morgan fingerprint density at radius 3 is 3.22 bits per heavy atom. The maximum absolute atomic E-state index is 5.76. The molecule has 3 rings (SSSR count). The lowest BCUT2D eigenvalue weighted by atomic mass is 9.98. The molecular weight excluding hydrogens is 226 g/mol. The van der Waals surface area contributed by atoms with E-state index in [-0.39, 0.29) is 0 Å². The fourth-order valence-corrected chi connectivity index (χ4v) is 2.67. The van der Waals surface area contributed by atoms with Gasteiger partial charge in [0.05, 0.1) is 5.69 Å². The number of hydrogen-bond donors (Lipinski definition) is 1. The Morgan fingerprint density at radius 1 is 1.44 bits per heavy atom. The topological polar surface area (TPSA) is 59.5 Å². The predicted octanol–water partition coefficient (Wildman–Crippen LogP) is 0.900. The van der Waals surface area contributed by atoms with E-state index in [4.69, 9.17) is 5.73 Å². The monoisotopic (exact) mass is 245 g/mol. The highest BCUT2D eigenvalue weighted by Crippen LogP contribution is 2.17. The third-order valence-electron chi connectivity index (χ3n) is 3.61. The molecule has 1 saturated heterocycles. The second-order valence-electron chi connectivity index (χ2n) is 5.04. The van der Waals surface area contributed by atoms with Crippen molar-refractivity contribution >= 4 is 5.78 Å². The zero-order valence-corrected chi connectivity index (χ0v) is 10.5. The first-order valence-corrected chi connectivity index (χ1v) is 6.56. The summed E-state index contributed by atoms with van der Waals surface area (Å²) < 4.78 is 1.97. The molecule has 0 aromatic carbocycles. The summed E-state index contributed by atoms with van der Waals surface area (Å²) in [6.07, 6.45) is 8.33. The van der Waals surface area contributed by atoms with Crippen molar-refractivity contribution in [3.8, 4) is 0 Å². The van der Waals surface area contributed by atoms with Gasteiger partial charge in [0.15, 0.2) is 0 Å². The van der Waals surface area contributed by atoms with Crippen LogP contribution in [0.5, 0.6) is 0 Å². The van der Waals surface area contributed by atoms with Crippen LogP contribution < -0.4 is 5.73 Å². The third kappa shape index (κ3) is 2.37. The van der Waals surface area contributed by atoms with E-state index in [1.807, 2.05) is 16.7 Å². The lowest BCUT2D eigenvalue weighted by Gasteiger charge is -2.31. The van der Waals surface area contributed by atoms with Crippen LogP contribution in [0.25, 0.3) is 5.78 Å². The molecule has 0 bridgehead atoms. The molecule has 96 valence electrons. The first kappa shape index (κ1) is 11.6. The number of imidazole rings is 1. The normalized spacial score (nSPS) is 21.5. The Balaban J connectivity index is 1.71. The minimum Gasteiger partial charge on any atom is -0.330 e. The van der Waals surface area contributed by atoms with Gasteiger partial charge in [-0.15, -0.1) is 0 Å². The van der Waals surface area contributed by atoms with Gasteiger partial charge in [0.25, 0.3) is 0 Å². The van der Waals surface area contributed by atoms with Crippen molar-refractivity contribution in [2.24, 2.45) is 11.7 Å². The largest absolute Gasteiger partial charge is 0.330 e. The van der Waals surface area contributed by atoms with E-state index in [2.05, 4.69) is 21.1 Å². The Kier molecular flexibility index (Phi) is 3.25. The molecule has 18 heavy (non-hydrogen) atoms. The molecule has 0 aliphatic carbocycles. The van der Waals surface area contributed by atoms with Crippen LogP contribution in [0.3, 0.4) is 0 Å². The molecule has 1 unspecified atom stereocenters. The van der Waals surface area contributed by atoms with E-state index < -0.39 is 0 Å². The average Bonchev–Trinajstić information content (AvgIpc) is 2.81. The summed E-state index contributed by atoms with van der Waals surface area (Å²) in [5.41, 5.74) is 6.85. The molecule has 5 nitrogen and oxygen atoms in total. The van der Waals surface area contributed by atoms with Gasteiger partial charge in [-0.1, -0.05) is 0 Å². The smallest absolute Gasteiger partial charge is 0.233 e. The minimum absolute atomic E-state index is 0.647. The van der Waals surface area contributed by atoms with Crippen molar-refractivity contribution in [2.45, 2.75) is 19.4 Å². The lowest BCUT2D eigenvalue weighted by Crippen LogP contribution is -2.37. The average molecular weight is 245 g/mol. The number of piperidine rings is 1. The summed E-state index contributed by atoms with van der Waals surface area (Å²) in [5, 5.41) is 0. The van der Waals surface area contributed by atoms with Gasteiger partial charge in [-0.05, 0) is 37.9 Å². The highest BCUT2D eigenvalue weighted by Gasteiger charge is 2.19. The van der Waals surface area contributed by atoms with E-state index in [0.29, 0.717) is 5.92 Å². The second kappa shape index (κ2) is 5.04. The summed E-state index contributed by atoms with van der Waals surface area (Å²) in [6, 6.07) is 1.92. The SMILES string of the molecule is NCC1CCCN(Cc2cn3cccnc3n2)C1. The fraction of sp³-hybridized carbons (Fsp3) is 0.538. The van der Waals surface area contributed by atoms with Crippen molar-refractivity contribution in [3.63, 3.8) is 0 Å². The van der Waals surface area contributed by atoms with Crippen molar-refractivity contribution in [1.82, 2.24) is 19.3 Å². The Bertz CT molecular complexity index is 488. The summed E-state index contributed by atoms with van der Waals surface area (Å²) >= 11 is 0. The Hall–Kier alpha value is -1.46. The molecule has 2 N–H and O–H groups in total. The predicted molar refractivity (Wildman–Crippen MR) is 70.0 cm³/mol. The number of aromatic nitrogens is 3. The molecule has 1 atom stereocenters. The van der Waals surface area contributed by atoms with E-state index in [1.165, 1.54) is 12.8 Å². The number of nitrogens with zero attached hydrogens (tertiary/aromatic N) is 4. The van der Waals surface area contributed by atoms with Crippen LogP contribution in [0, 0.1) is 5.92 Å². The molecule has 3 heterocycles. The number of nitrogens with two attached hydrogens (primary N) is 1. The van der Waals surface area contributed by atoms with E-state index >= 15 is 0 Å². The molecule has 0 radical (unpaired) electrons. The number of rotatable bonds is 3. The van der Waals surface area contributed by atoms with Gasteiger partial charge in [0, 0.05) is 31.7 Å². The van der Waals surface area contributed by atoms with Gasteiger partial charge in [0.2, 0.25) is 5.78 Å². The van der Waals surface area contributed by atoms with Crippen LogP contribution in [0.15, 0.2) is 24.7 Å². The standard InChI is InChI=1S/C13H19N5/c14-7-11-3-1-5-17(8-11)9-12-10-18-6-2-4-15-13(18)16-12/h2,4,6,10-11H,1,3,5,7-9,14H2. The number of likely N-dealkylation sites (tertiary alicyclic amines) is 1. The van der Waals surface area contributed by atoms with Gasteiger partial charge in [-0.2, -0.15) is 0 Å². The molecule has 0 saturated carbocycles. The fourth-order valence-electron chi connectivity index (χ4n) is 2.67. The van der Waals surface area contributed by atoms with Gasteiger partial charge >= 0.3 is 0 Å². The van der Waals surface area contributed by atoms with Gasteiger partial charge in [-0.25, -0.2) is 9.97 Å². The molecule has 2 aromatic heterocycles. The molecule has 1 aliphatic rings. The molecule has 5 heteroatoms. The molecule has 0 spiro atoms. The number of fused-ring (bicyclic) bond motifs is 1. The van der Waals surface area contributed by atoms with E-state index in [1.54, 1.807) is 6.20 Å². The first-order valence-electron chi connectivity index (χ1n) is 6.56. The van der Waals surface area contributed by atoms with Crippen molar-refractivity contribution in [2.75, 3.05) is 19.6 Å². The highest BCUT2D eigenvalue weighted by atomic mass is 15.2. The summed E-state index contributed by atoms with van der Waals surface area (Å²) in [7, 11) is 0. The third-order valence-corrected chi connectivity index (χ3v) is 3.61. The highest BCUT2D eigenvalue weighted by molar-refractivity contribution is 5.29. The summed E-state index contributed by atoms with van der Waals surface area (Å²) in [6.45, 7) is 3.94. The van der Waals surface area contributed by atoms with Gasteiger partial charge in [-0.3, -0.25) is 9.30 Å². The Morgan fingerprint density at radius 2 is 2.39 bits per heavy atom. The first-order chi connectivity index (χ1) is 8.85. The quantitative estimate of drug-likeness (QED) is 0.873. The van der Waals surface area contributed by atoms with Crippen LogP contribution in [0.1, 0.15) is 18.5 Å². The second-order valence-corrected chi connectivity index (χ2v) is 5.04. The van der Waals surface area contributed by atoms with Crippen LogP contribution in [-0.2, 0) is 6.54 Å². The van der Waals surface area contributed by atoms with Crippen LogP contribution in [0.2, 0.25) is 0 Å². The summed E-state index contributed by atoms with van der Waals surface area (Å²) in [4.78, 5) is 11.2. The summed E-state index contributed by atoms with van der Waals surface area (Å²) in [5.74, 6) is 1.42. The molecule has 2 aromatic rings. The van der Waals surface area contributed by atoms with Crippen LogP contribution in [-0.4, -0.2) is 38.9 Å². The van der Waals surface area contributed by atoms with Crippen molar-refractivity contribution in [3.05, 3.63) is 30.4 Å². The zero-order chi connectivity index (χ0) is 12.4. The maximum atomic E-state index is 5.76. The molecule has 1 aliphatic heterocycles. The van der Waals surface area contributed by atoms with E-state index in [0.717, 1.165) is 37.7 Å². The maximum Gasteiger partial charge on any atom is 0.233 e. The minimum atomic E-state index is 0.647. The van der Waals surface area contributed by atoms with Gasteiger partial charge in [0.1, 0.15) is 0 Å². The van der Waals surface area contributed by atoms with Crippen molar-refractivity contribution in [1.29, 1.82) is 0 Å². The van der Waals surface area contributed by atoms with Crippen molar-refractivity contribution < 1.29 is 0 Å².